The highest BCUT2D eigenvalue weighted by atomic mass is 79.9. The van der Waals surface area contributed by atoms with Crippen LogP contribution in [0.1, 0.15) is 30.3 Å². The SMILES string of the molecule is CCOC(=O)c1cc2cccc(Br)c2n1CC1CC1. The van der Waals surface area contributed by atoms with E-state index in [-0.39, 0.29) is 5.97 Å². The second-order valence-corrected chi connectivity index (χ2v) is 5.84. The van der Waals surface area contributed by atoms with Crippen molar-refractivity contribution in [3.63, 3.8) is 0 Å². The highest BCUT2D eigenvalue weighted by molar-refractivity contribution is 9.10. The first kappa shape index (κ1) is 12.7. The molecule has 1 heterocycles. The van der Waals surface area contributed by atoms with Gasteiger partial charge in [-0.25, -0.2) is 4.79 Å². The maximum Gasteiger partial charge on any atom is 0.354 e. The molecule has 1 aliphatic rings. The molecule has 1 aromatic carbocycles. The summed E-state index contributed by atoms with van der Waals surface area (Å²) in [5.74, 6) is 0.474. The van der Waals surface area contributed by atoms with Gasteiger partial charge in [0.15, 0.2) is 0 Å². The Morgan fingerprint density at radius 3 is 2.95 bits per heavy atom. The standard InChI is InChI=1S/C15H16BrNO2/c1-2-19-15(18)13-8-11-4-3-5-12(16)14(11)17(13)9-10-6-7-10/h3-5,8,10H,2,6-7,9H2,1H3. The number of esters is 1. The van der Waals surface area contributed by atoms with Gasteiger partial charge >= 0.3 is 5.97 Å². The minimum atomic E-state index is -0.230. The number of hydrogen-bond acceptors (Lipinski definition) is 2. The molecule has 3 nitrogen and oxygen atoms in total. The van der Waals surface area contributed by atoms with E-state index in [0.29, 0.717) is 18.2 Å². The Labute approximate surface area is 120 Å². The van der Waals surface area contributed by atoms with Crippen LogP contribution in [-0.2, 0) is 11.3 Å². The van der Waals surface area contributed by atoms with Crippen LogP contribution < -0.4 is 0 Å². The van der Waals surface area contributed by atoms with E-state index in [2.05, 4.69) is 20.5 Å². The van der Waals surface area contributed by atoms with Gasteiger partial charge in [0.1, 0.15) is 5.69 Å². The van der Waals surface area contributed by atoms with Crippen LogP contribution in [0.2, 0.25) is 0 Å². The number of halogens is 1. The van der Waals surface area contributed by atoms with Crippen LogP contribution in [0.4, 0.5) is 0 Å². The molecule has 19 heavy (non-hydrogen) atoms. The Kier molecular flexibility index (Phi) is 3.35. The Morgan fingerprint density at radius 2 is 2.26 bits per heavy atom. The normalized spacial score (nSPS) is 14.8. The summed E-state index contributed by atoms with van der Waals surface area (Å²) in [6.07, 6.45) is 2.51. The van der Waals surface area contributed by atoms with Gasteiger partial charge in [0, 0.05) is 16.4 Å². The summed E-state index contributed by atoms with van der Waals surface area (Å²) in [5.41, 5.74) is 1.76. The van der Waals surface area contributed by atoms with Crippen molar-refractivity contribution in [1.82, 2.24) is 4.57 Å². The first-order valence-electron chi connectivity index (χ1n) is 6.65. The third kappa shape index (κ3) is 2.41. The number of hydrogen-bond donors (Lipinski definition) is 0. The van der Waals surface area contributed by atoms with Crippen molar-refractivity contribution in [2.75, 3.05) is 6.61 Å². The van der Waals surface area contributed by atoms with E-state index >= 15 is 0 Å². The van der Waals surface area contributed by atoms with E-state index < -0.39 is 0 Å². The zero-order valence-electron chi connectivity index (χ0n) is 10.9. The van der Waals surface area contributed by atoms with Gasteiger partial charge < -0.3 is 9.30 Å². The number of nitrogens with zero attached hydrogens (tertiary/aromatic N) is 1. The molecule has 0 unspecified atom stereocenters. The first-order chi connectivity index (χ1) is 9.20. The number of aromatic nitrogens is 1. The van der Waals surface area contributed by atoms with Crippen molar-refractivity contribution in [3.8, 4) is 0 Å². The second-order valence-electron chi connectivity index (χ2n) is 4.98. The van der Waals surface area contributed by atoms with E-state index in [1.54, 1.807) is 0 Å². The Balaban J connectivity index is 2.13. The number of fused-ring (bicyclic) bond motifs is 1. The number of para-hydroxylation sites is 1. The Bertz CT molecular complexity index is 628. The second kappa shape index (κ2) is 5.00. The van der Waals surface area contributed by atoms with Crippen LogP contribution in [0, 0.1) is 5.92 Å². The number of benzene rings is 1. The van der Waals surface area contributed by atoms with Gasteiger partial charge in [-0.1, -0.05) is 12.1 Å². The summed E-state index contributed by atoms with van der Waals surface area (Å²) in [7, 11) is 0. The molecule has 1 aliphatic carbocycles. The summed E-state index contributed by atoms with van der Waals surface area (Å²) in [5, 5.41) is 1.08. The van der Waals surface area contributed by atoms with Gasteiger partial charge in [0.2, 0.25) is 0 Å². The van der Waals surface area contributed by atoms with Crippen molar-refractivity contribution in [2.24, 2.45) is 5.92 Å². The monoisotopic (exact) mass is 321 g/mol. The predicted molar refractivity (Wildman–Crippen MR) is 78.3 cm³/mol. The smallest absolute Gasteiger partial charge is 0.354 e. The summed E-state index contributed by atoms with van der Waals surface area (Å²) in [6, 6.07) is 7.97. The van der Waals surface area contributed by atoms with Crippen LogP contribution in [0.5, 0.6) is 0 Å². The van der Waals surface area contributed by atoms with E-state index in [0.717, 1.165) is 21.9 Å². The van der Waals surface area contributed by atoms with E-state index in [1.807, 2.05) is 31.2 Å². The van der Waals surface area contributed by atoms with Gasteiger partial charge in [-0.3, -0.25) is 0 Å². The molecule has 2 aromatic rings. The van der Waals surface area contributed by atoms with Gasteiger partial charge in [0.25, 0.3) is 0 Å². The summed E-state index contributed by atoms with van der Waals surface area (Å²) in [4.78, 5) is 12.1. The summed E-state index contributed by atoms with van der Waals surface area (Å²) < 4.78 is 8.30. The molecule has 0 amide bonds. The van der Waals surface area contributed by atoms with Gasteiger partial charge in [-0.2, -0.15) is 0 Å². The van der Waals surface area contributed by atoms with Crippen LogP contribution in [0.25, 0.3) is 10.9 Å². The Hall–Kier alpha value is -1.29. The topological polar surface area (TPSA) is 31.2 Å². The minimum absolute atomic E-state index is 0.230. The van der Waals surface area contributed by atoms with Crippen LogP contribution in [0.15, 0.2) is 28.7 Å². The van der Waals surface area contributed by atoms with E-state index in [4.69, 9.17) is 4.74 Å². The third-order valence-electron chi connectivity index (χ3n) is 3.49. The highest BCUT2D eigenvalue weighted by Gasteiger charge is 2.26. The zero-order valence-corrected chi connectivity index (χ0v) is 12.4. The minimum Gasteiger partial charge on any atom is -0.461 e. The fourth-order valence-electron chi connectivity index (χ4n) is 2.40. The molecule has 0 spiro atoms. The number of rotatable bonds is 4. The van der Waals surface area contributed by atoms with Gasteiger partial charge in [-0.05, 0) is 53.7 Å². The van der Waals surface area contributed by atoms with Crippen molar-refractivity contribution in [3.05, 3.63) is 34.4 Å². The zero-order chi connectivity index (χ0) is 13.4. The molecular weight excluding hydrogens is 306 g/mol. The molecule has 1 aromatic heterocycles. The molecule has 0 aliphatic heterocycles. The molecule has 0 radical (unpaired) electrons. The molecular formula is C15H16BrNO2. The molecule has 0 bridgehead atoms. The molecule has 1 fully saturated rings. The number of carbonyl (C=O) groups is 1. The number of carbonyl (C=O) groups excluding carboxylic acids is 1. The molecule has 4 heteroatoms. The lowest BCUT2D eigenvalue weighted by atomic mass is 10.2. The largest absolute Gasteiger partial charge is 0.461 e. The molecule has 100 valence electrons. The lowest BCUT2D eigenvalue weighted by molar-refractivity contribution is 0.0514. The van der Waals surface area contributed by atoms with Gasteiger partial charge in [-0.15, -0.1) is 0 Å². The maximum atomic E-state index is 12.1. The van der Waals surface area contributed by atoms with Crippen LogP contribution >= 0.6 is 15.9 Å². The molecule has 0 saturated heterocycles. The summed E-state index contributed by atoms with van der Waals surface area (Å²) in [6.45, 7) is 3.15. The fraction of sp³-hybridized carbons (Fsp3) is 0.400. The number of ether oxygens (including phenoxy) is 1. The molecule has 0 atom stereocenters. The van der Waals surface area contributed by atoms with Crippen molar-refractivity contribution >= 4 is 32.8 Å². The Morgan fingerprint density at radius 1 is 1.47 bits per heavy atom. The van der Waals surface area contributed by atoms with Crippen molar-refractivity contribution in [2.45, 2.75) is 26.3 Å². The average Bonchev–Trinajstić information content (AvgIpc) is 3.11. The summed E-state index contributed by atoms with van der Waals surface area (Å²) >= 11 is 3.59. The van der Waals surface area contributed by atoms with Crippen LogP contribution in [-0.4, -0.2) is 17.1 Å². The fourth-order valence-corrected chi connectivity index (χ4v) is 3.00. The molecule has 0 N–H and O–H groups in total. The maximum absolute atomic E-state index is 12.1. The van der Waals surface area contributed by atoms with Crippen LogP contribution in [0.3, 0.4) is 0 Å². The average molecular weight is 322 g/mol. The molecule has 3 rings (SSSR count). The lowest BCUT2D eigenvalue weighted by Gasteiger charge is -2.10. The third-order valence-corrected chi connectivity index (χ3v) is 4.13. The highest BCUT2D eigenvalue weighted by Crippen LogP contribution is 2.35. The van der Waals surface area contributed by atoms with E-state index in [1.165, 1.54) is 12.8 Å². The quantitative estimate of drug-likeness (QED) is 0.797. The van der Waals surface area contributed by atoms with E-state index in [9.17, 15) is 4.79 Å². The predicted octanol–water partition coefficient (Wildman–Crippen LogP) is 3.99. The van der Waals surface area contributed by atoms with Gasteiger partial charge in [0.05, 0.1) is 12.1 Å². The van der Waals surface area contributed by atoms with Crippen molar-refractivity contribution in [1.29, 1.82) is 0 Å². The molecule has 1 saturated carbocycles. The lowest BCUT2D eigenvalue weighted by Crippen LogP contribution is -2.13. The first-order valence-corrected chi connectivity index (χ1v) is 7.45. The van der Waals surface area contributed by atoms with Crippen molar-refractivity contribution < 1.29 is 9.53 Å².